The summed E-state index contributed by atoms with van der Waals surface area (Å²) in [7, 11) is 0. The van der Waals surface area contributed by atoms with E-state index in [0.717, 1.165) is 12.8 Å². The van der Waals surface area contributed by atoms with Gasteiger partial charge in [-0.25, -0.2) is 0 Å². The van der Waals surface area contributed by atoms with E-state index in [1.807, 2.05) is 0 Å². The van der Waals surface area contributed by atoms with Gasteiger partial charge in [-0.05, 0) is 0 Å². The second kappa shape index (κ2) is 14.5. The zero-order valence-corrected chi connectivity index (χ0v) is 25.2. The first-order chi connectivity index (χ1) is 16.8. The summed E-state index contributed by atoms with van der Waals surface area (Å²) in [5.74, 6) is 0. The minimum absolute atomic E-state index is 0. The number of aryl methyl sites for hydroxylation is 2. The van der Waals surface area contributed by atoms with Gasteiger partial charge in [0.1, 0.15) is 0 Å². The van der Waals surface area contributed by atoms with Crippen LogP contribution in [0.4, 0.5) is 0 Å². The molecule has 0 amide bonds. The van der Waals surface area contributed by atoms with Crippen LogP contribution >= 0.6 is 0 Å². The molecule has 0 bridgehead atoms. The first-order valence-corrected chi connectivity index (χ1v) is 12.3. The fraction of sp³-hybridized carbons (Fsp3) is 0.118. The van der Waals surface area contributed by atoms with Gasteiger partial charge in [0.2, 0.25) is 0 Å². The quantitative estimate of drug-likeness (QED) is 0.272. The van der Waals surface area contributed by atoms with Crippen LogP contribution in [-0.2, 0) is 39.0 Å². The van der Waals surface area contributed by atoms with E-state index in [1.165, 1.54) is 54.9 Å². The molecule has 0 radical (unpaired) electrons. The Morgan fingerprint density at radius 2 is 0.784 bits per heavy atom. The molecule has 0 saturated carbocycles. The summed E-state index contributed by atoms with van der Waals surface area (Å²) in [4.78, 5) is 0. The molecule has 6 aromatic rings. The second-order valence-electron chi connectivity index (χ2n) is 8.69. The number of fused-ring (bicyclic) bond motifs is 2. The molecule has 0 fully saturated rings. The van der Waals surface area contributed by atoms with Gasteiger partial charge in [-0.2, -0.15) is 0 Å². The summed E-state index contributed by atoms with van der Waals surface area (Å²) in [6.07, 6.45) is 2.16. The molecular weight excluding hydrogens is 571 g/mol. The van der Waals surface area contributed by atoms with E-state index < -0.39 is 0 Å². The fourth-order valence-electron chi connectivity index (χ4n) is 5.08. The summed E-state index contributed by atoms with van der Waals surface area (Å²) >= 11 is 0. The van der Waals surface area contributed by atoms with Crippen LogP contribution in [0.1, 0.15) is 25.0 Å². The minimum Gasteiger partial charge on any atom is -1.00 e. The Morgan fingerprint density at radius 1 is 0.459 bits per heavy atom. The zero-order valence-electron chi connectivity index (χ0n) is 21.2. The van der Waals surface area contributed by atoms with Gasteiger partial charge in [0, 0.05) is 0 Å². The van der Waals surface area contributed by atoms with Gasteiger partial charge in [-0.15, -0.1) is 68.1 Å². The van der Waals surface area contributed by atoms with Crippen molar-refractivity contribution >= 4 is 21.5 Å². The van der Waals surface area contributed by atoms with E-state index >= 15 is 0 Å². The maximum Gasteiger partial charge on any atom is 4.00 e. The molecular formula is C34H30Cl2Zr. The number of hydrogen-bond acceptors (Lipinski definition) is 0. The van der Waals surface area contributed by atoms with Crippen LogP contribution in [-0.4, -0.2) is 0 Å². The predicted molar refractivity (Wildman–Crippen MR) is 149 cm³/mol. The number of hydrogen-bond donors (Lipinski definition) is 0. The van der Waals surface area contributed by atoms with E-state index in [-0.39, 0.29) is 51.0 Å². The van der Waals surface area contributed by atoms with Crippen molar-refractivity contribution in [2.45, 2.75) is 26.7 Å². The van der Waals surface area contributed by atoms with E-state index in [1.54, 1.807) is 0 Å². The van der Waals surface area contributed by atoms with Crippen molar-refractivity contribution in [1.29, 1.82) is 0 Å². The molecule has 0 aliphatic rings. The Balaban J connectivity index is 0.000000241. The second-order valence-corrected chi connectivity index (χ2v) is 8.69. The molecule has 0 unspecified atom stereocenters. The third-order valence-corrected chi connectivity index (χ3v) is 6.70. The van der Waals surface area contributed by atoms with Gasteiger partial charge in [0.15, 0.2) is 0 Å². The zero-order chi connectivity index (χ0) is 23.3. The van der Waals surface area contributed by atoms with Crippen LogP contribution in [0.2, 0.25) is 0 Å². The Bertz CT molecular complexity index is 1390. The average Bonchev–Trinajstić information content (AvgIpc) is 3.48. The van der Waals surface area contributed by atoms with Crippen LogP contribution in [0.3, 0.4) is 0 Å². The van der Waals surface area contributed by atoms with Crippen molar-refractivity contribution in [3.8, 4) is 22.3 Å². The topological polar surface area (TPSA) is 0 Å². The van der Waals surface area contributed by atoms with E-state index in [0.29, 0.717) is 0 Å². The molecule has 0 atom stereocenters. The summed E-state index contributed by atoms with van der Waals surface area (Å²) in [6.45, 7) is 4.46. The molecule has 0 N–H and O–H groups in total. The standard InChI is InChI=1S/2C17H15.2ClH.Zr/c2*1-2-15-16-11-7-6-10-14(16)12-17(15)13-8-4-3-5-9-13;;;/h2*3-12H,2H2,1H3;2*1H;/q2*-1;;;+4/p-2. The molecule has 37 heavy (non-hydrogen) atoms. The van der Waals surface area contributed by atoms with Crippen molar-refractivity contribution in [1.82, 2.24) is 0 Å². The molecule has 0 aromatic heterocycles. The van der Waals surface area contributed by atoms with Crippen molar-refractivity contribution in [2.24, 2.45) is 0 Å². The molecule has 6 rings (SSSR count). The molecule has 0 aliphatic carbocycles. The third kappa shape index (κ3) is 6.53. The van der Waals surface area contributed by atoms with Gasteiger partial charge < -0.3 is 24.8 Å². The van der Waals surface area contributed by atoms with E-state index in [2.05, 4.69) is 135 Å². The van der Waals surface area contributed by atoms with Crippen molar-refractivity contribution < 1.29 is 51.0 Å². The van der Waals surface area contributed by atoms with Crippen molar-refractivity contribution in [3.63, 3.8) is 0 Å². The average molecular weight is 601 g/mol. The Morgan fingerprint density at radius 3 is 1.14 bits per heavy atom. The molecule has 0 heterocycles. The molecule has 184 valence electrons. The predicted octanol–water partition coefficient (Wildman–Crippen LogP) is 3.58. The summed E-state index contributed by atoms with van der Waals surface area (Å²) in [6, 6.07) is 43.2. The Labute approximate surface area is 252 Å². The van der Waals surface area contributed by atoms with Crippen LogP contribution in [0.5, 0.6) is 0 Å². The molecule has 6 aromatic carbocycles. The minimum atomic E-state index is 0. The number of benzene rings is 4. The van der Waals surface area contributed by atoms with Crippen LogP contribution < -0.4 is 24.8 Å². The van der Waals surface area contributed by atoms with Crippen molar-refractivity contribution in [3.05, 3.63) is 132 Å². The normalized spacial score (nSPS) is 10.0. The first kappa shape index (κ1) is 30.8. The summed E-state index contributed by atoms with van der Waals surface area (Å²) in [5, 5.41) is 5.49. The van der Waals surface area contributed by atoms with E-state index in [9.17, 15) is 0 Å². The first-order valence-electron chi connectivity index (χ1n) is 12.3. The van der Waals surface area contributed by atoms with Gasteiger partial charge in [-0.1, -0.05) is 135 Å². The van der Waals surface area contributed by atoms with E-state index in [4.69, 9.17) is 0 Å². The number of halogens is 2. The van der Waals surface area contributed by atoms with Gasteiger partial charge in [-0.3, -0.25) is 0 Å². The molecule has 0 saturated heterocycles. The largest absolute Gasteiger partial charge is 4.00 e. The maximum absolute atomic E-state index is 2.31. The monoisotopic (exact) mass is 598 g/mol. The fourth-order valence-corrected chi connectivity index (χ4v) is 5.08. The molecule has 0 nitrogen and oxygen atoms in total. The van der Waals surface area contributed by atoms with Crippen LogP contribution in [0.25, 0.3) is 43.8 Å². The molecule has 0 spiro atoms. The Kier molecular flexibility index (Phi) is 12.1. The summed E-state index contributed by atoms with van der Waals surface area (Å²) < 4.78 is 0. The summed E-state index contributed by atoms with van der Waals surface area (Å²) in [5.41, 5.74) is 8.34. The number of rotatable bonds is 4. The maximum atomic E-state index is 2.31. The van der Waals surface area contributed by atoms with Gasteiger partial charge in [0.05, 0.1) is 0 Å². The van der Waals surface area contributed by atoms with Crippen molar-refractivity contribution in [2.75, 3.05) is 0 Å². The SMILES string of the molecule is CCc1c(-c2ccccc2)[cH-]c2ccccc12.CCc1c(-c2ccccc2)[cH-]c2ccccc12.[Cl-].[Cl-].[Zr+4]. The van der Waals surface area contributed by atoms with Crippen LogP contribution in [0.15, 0.2) is 121 Å². The molecule has 3 heteroatoms. The Hall–Kier alpha value is -2.44. The smallest absolute Gasteiger partial charge is 1.00 e. The third-order valence-electron chi connectivity index (χ3n) is 6.70. The molecule has 0 aliphatic heterocycles. The van der Waals surface area contributed by atoms with Gasteiger partial charge >= 0.3 is 26.2 Å². The van der Waals surface area contributed by atoms with Crippen LogP contribution in [0, 0.1) is 0 Å². The van der Waals surface area contributed by atoms with Gasteiger partial charge in [0.25, 0.3) is 0 Å².